The van der Waals surface area contributed by atoms with Crippen molar-refractivity contribution in [3.8, 4) is 0 Å². The van der Waals surface area contributed by atoms with E-state index in [4.69, 9.17) is 0 Å². The van der Waals surface area contributed by atoms with E-state index in [-0.39, 0.29) is 22.0 Å². The summed E-state index contributed by atoms with van der Waals surface area (Å²) in [6.45, 7) is 22.0. The Kier molecular flexibility index (Phi) is 4.70. The van der Waals surface area contributed by atoms with Gasteiger partial charge < -0.3 is 0 Å². The van der Waals surface area contributed by atoms with Gasteiger partial charge in [0.05, 0.1) is 0 Å². The van der Waals surface area contributed by atoms with Crippen LogP contribution in [-0.2, 0) is 4.79 Å². The fourth-order valence-corrected chi connectivity index (χ4v) is 3.93. The van der Waals surface area contributed by atoms with Crippen LogP contribution in [0.15, 0.2) is 41.0 Å². The summed E-state index contributed by atoms with van der Waals surface area (Å²) in [7, 11) is 0. The minimum absolute atomic E-state index is 0.0781. The van der Waals surface area contributed by atoms with Gasteiger partial charge in [-0.2, -0.15) is 0 Å². The summed E-state index contributed by atoms with van der Waals surface area (Å²) in [4.78, 5) is 13.7. The number of carbonyl (C=O) groups is 1. The predicted molar refractivity (Wildman–Crippen MR) is 108 cm³/mol. The average molecular weight is 339 g/mol. The molecule has 0 N–H and O–H groups in total. The lowest BCUT2D eigenvalue weighted by Gasteiger charge is -2.34. The highest BCUT2D eigenvalue weighted by atomic mass is 16.1. The first kappa shape index (κ1) is 19.7. The van der Waals surface area contributed by atoms with Crippen molar-refractivity contribution in [2.24, 2.45) is 16.2 Å². The van der Waals surface area contributed by atoms with Crippen molar-refractivity contribution >= 4 is 11.4 Å². The van der Waals surface area contributed by atoms with Crippen molar-refractivity contribution in [2.75, 3.05) is 0 Å². The van der Waals surface area contributed by atoms with E-state index >= 15 is 0 Å². The normalized spacial score (nSPS) is 17.0. The van der Waals surface area contributed by atoms with E-state index < -0.39 is 0 Å². The molecule has 1 aromatic carbocycles. The Balaban J connectivity index is 2.96. The highest BCUT2D eigenvalue weighted by Gasteiger charge is 2.45. The SMILES string of the molecule is Cc1ccccc1C1=C(C(C)(C)C)C(C(C)(C)C)=C(C(C)(C)C)C1=O. The topological polar surface area (TPSA) is 17.1 Å². The predicted octanol–water partition coefficient (Wildman–Crippen LogP) is 6.77. The summed E-state index contributed by atoms with van der Waals surface area (Å²) in [6.07, 6.45) is 0. The molecule has 1 heteroatoms. The van der Waals surface area contributed by atoms with Gasteiger partial charge in [0.1, 0.15) is 0 Å². The van der Waals surface area contributed by atoms with Gasteiger partial charge in [-0.15, -0.1) is 0 Å². The molecule has 0 saturated carbocycles. The van der Waals surface area contributed by atoms with Crippen molar-refractivity contribution < 1.29 is 4.79 Å². The Morgan fingerprint density at radius 3 is 1.48 bits per heavy atom. The van der Waals surface area contributed by atoms with E-state index in [1.807, 2.05) is 12.1 Å². The summed E-state index contributed by atoms with van der Waals surface area (Å²) in [6, 6.07) is 8.27. The average Bonchev–Trinajstić information content (AvgIpc) is 2.72. The largest absolute Gasteiger partial charge is 0.289 e. The van der Waals surface area contributed by atoms with Crippen LogP contribution < -0.4 is 0 Å². The Hall–Kier alpha value is -1.63. The fourth-order valence-electron chi connectivity index (χ4n) is 3.93. The van der Waals surface area contributed by atoms with Crippen LogP contribution in [0, 0.1) is 23.2 Å². The zero-order valence-electron chi connectivity index (χ0n) is 17.7. The minimum Gasteiger partial charge on any atom is -0.289 e. The van der Waals surface area contributed by atoms with Crippen LogP contribution in [0.5, 0.6) is 0 Å². The van der Waals surface area contributed by atoms with E-state index in [2.05, 4.69) is 81.4 Å². The molecule has 0 aromatic heterocycles. The molecule has 136 valence electrons. The van der Waals surface area contributed by atoms with Gasteiger partial charge in [-0.3, -0.25) is 4.79 Å². The molecule has 1 nitrogen and oxygen atoms in total. The molecular formula is C24H34O. The van der Waals surface area contributed by atoms with E-state index in [1.54, 1.807) is 0 Å². The summed E-state index contributed by atoms with van der Waals surface area (Å²) in [5.74, 6) is 0.219. The second kappa shape index (κ2) is 5.97. The van der Waals surface area contributed by atoms with Crippen LogP contribution >= 0.6 is 0 Å². The molecule has 0 aliphatic heterocycles. The quantitative estimate of drug-likeness (QED) is 0.552. The maximum absolute atomic E-state index is 13.7. The van der Waals surface area contributed by atoms with E-state index in [1.165, 1.54) is 11.1 Å². The van der Waals surface area contributed by atoms with E-state index in [0.29, 0.717) is 0 Å². The second-order valence-corrected chi connectivity index (χ2v) is 10.4. The number of Topliss-reactive ketones (excluding diaryl/α,β-unsaturated/α-hetero) is 1. The van der Waals surface area contributed by atoms with Gasteiger partial charge in [0.15, 0.2) is 5.78 Å². The molecule has 0 amide bonds. The molecule has 0 radical (unpaired) electrons. The molecule has 2 rings (SSSR count). The number of hydrogen-bond donors (Lipinski definition) is 0. The van der Waals surface area contributed by atoms with Crippen LogP contribution in [0.3, 0.4) is 0 Å². The molecular weight excluding hydrogens is 304 g/mol. The highest BCUT2D eigenvalue weighted by Crippen LogP contribution is 2.54. The molecule has 0 bridgehead atoms. The van der Waals surface area contributed by atoms with Gasteiger partial charge >= 0.3 is 0 Å². The Bertz CT molecular complexity index is 766. The lowest BCUT2D eigenvalue weighted by molar-refractivity contribution is -0.111. The molecule has 1 aromatic rings. The third-order valence-electron chi connectivity index (χ3n) is 4.87. The smallest absolute Gasteiger partial charge is 0.190 e. The molecule has 0 heterocycles. The molecule has 0 fully saturated rings. The van der Waals surface area contributed by atoms with Crippen LogP contribution in [0.25, 0.3) is 5.57 Å². The monoisotopic (exact) mass is 338 g/mol. The minimum atomic E-state index is -0.180. The summed E-state index contributed by atoms with van der Waals surface area (Å²) >= 11 is 0. The first-order valence-electron chi connectivity index (χ1n) is 9.28. The van der Waals surface area contributed by atoms with Crippen LogP contribution in [0.2, 0.25) is 0 Å². The van der Waals surface area contributed by atoms with Gasteiger partial charge in [-0.1, -0.05) is 86.6 Å². The van der Waals surface area contributed by atoms with Crippen LogP contribution in [0.1, 0.15) is 73.4 Å². The zero-order chi connectivity index (χ0) is 19.4. The van der Waals surface area contributed by atoms with Gasteiger partial charge in [0.2, 0.25) is 0 Å². The van der Waals surface area contributed by atoms with Crippen molar-refractivity contribution in [1.82, 2.24) is 0 Å². The molecule has 0 spiro atoms. The van der Waals surface area contributed by atoms with Gasteiger partial charge in [0, 0.05) is 11.1 Å². The van der Waals surface area contributed by atoms with Crippen LogP contribution in [-0.4, -0.2) is 5.78 Å². The van der Waals surface area contributed by atoms with E-state index in [0.717, 1.165) is 22.3 Å². The van der Waals surface area contributed by atoms with Gasteiger partial charge in [-0.05, 0) is 45.4 Å². The summed E-state index contributed by atoms with van der Waals surface area (Å²) in [5, 5.41) is 0. The van der Waals surface area contributed by atoms with Crippen molar-refractivity contribution in [1.29, 1.82) is 0 Å². The maximum Gasteiger partial charge on any atom is 0.190 e. The first-order valence-corrected chi connectivity index (χ1v) is 9.28. The van der Waals surface area contributed by atoms with Crippen molar-refractivity contribution in [2.45, 2.75) is 69.2 Å². The van der Waals surface area contributed by atoms with Crippen molar-refractivity contribution in [3.63, 3.8) is 0 Å². The number of aryl methyl sites for hydroxylation is 1. The lowest BCUT2D eigenvalue weighted by Crippen LogP contribution is -2.24. The Labute approximate surface area is 154 Å². The number of benzene rings is 1. The molecule has 0 unspecified atom stereocenters. The summed E-state index contributed by atoms with van der Waals surface area (Å²) in [5.41, 5.74) is 6.27. The number of carbonyl (C=O) groups excluding carboxylic acids is 1. The number of ketones is 1. The van der Waals surface area contributed by atoms with Crippen molar-refractivity contribution in [3.05, 3.63) is 52.1 Å². The van der Waals surface area contributed by atoms with Gasteiger partial charge in [-0.25, -0.2) is 0 Å². The van der Waals surface area contributed by atoms with Crippen LogP contribution in [0.4, 0.5) is 0 Å². The summed E-state index contributed by atoms with van der Waals surface area (Å²) < 4.78 is 0. The molecule has 0 saturated heterocycles. The molecule has 1 aliphatic carbocycles. The highest BCUT2D eigenvalue weighted by molar-refractivity contribution is 6.34. The Morgan fingerprint density at radius 2 is 1.08 bits per heavy atom. The maximum atomic E-state index is 13.7. The zero-order valence-corrected chi connectivity index (χ0v) is 17.7. The molecule has 25 heavy (non-hydrogen) atoms. The number of rotatable bonds is 1. The van der Waals surface area contributed by atoms with Gasteiger partial charge in [0.25, 0.3) is 0 Å². The molecule has 0 atom stereocenters. The second-order valence-electron chi connectivity index (χ2n) is 10.4. The fraction of sp³-hybridized carbons (Fsp3) is 0.542. The third kappa shape index (κ3) is 3.52. The standard InChI is InChI=1S/C24H34O/c1-15-13-11-12-14-16(15)17-18(22(2,3)4)19(23(5,6)7)20(21(17)25)24(8,9)10/h11-14H,1-10H3. The lowest BCUT2D eigenvalue weighted by atomic mass is 9.69. The number of hydrogen-bond acceptors (Lipinski definition) is 1. The Morgan fingerprint density at radius 1 is 0.640 bits per heavy atom. The molecule has 1 aliphatic rings. The third-order valence-corrected chi connectivity index (χ3v) is 4.87. The van der Waals surface area contributed by atoms with E-state index in [9.17, 15) is 4.79 Å². The first-order chi connectivity index (χ1) is 11.2. The number of allylic oxidation sites excluding steroid dienone is 4.